The number of aryl methyl sites for hydroxylation is 2. The third-order valence-corrected chi connectivity index (χ3v) is 8.67. The summed E-state index contributed by atoms with van der Waals surface area (Å²) in [5, 5.41) is 0. The second kappa shape index (κ2) is 12.4. The molecule has 0 unspecified atom stereocenters. The summed E-state index contributed by atoms with van der Waals surface area (Å²) < 4.78 is 180. The lowest BCUT2D eigenvalue weighted by atomic mass is 9.86. The Morgan fingerprint density at radius 3 is 1.06 bits per heavy atom. The molecule has 0 aliphatic carbocycles. The van der Waals surface area contributed by atoms with E-state index in [9.17, 15) is 52.7 Å². The highest BCUT2D eigenvalue weighted by molar-refractivity contribution is 6.18. The maximum absolute atomic E-state index is 14.4. The molecule has 2 aromatic heterocycles. The van der Waals surface area contributed by atoms with Crippen molar-refractivity contribution < 1.29 is 61.5 Å². The maximum atomic E-state index is 14.4. The molecule has 16 heteroatoms. The van der Waals surface area contributed by atoms with Gasteiger partial charge in [0.15, 0.2) is 22.9 Å². The molecule has 2 heterocycles. The predicted octanol–water partition coefficient (Wildman–Crippen LogP) is 13.3. The fourth-order valence-electron chi connectivity index (χ4n) is 6.50. The smallest absolute Gasteiger partial charge is 0.417 e. The lowest BCUT2D eigenvalue weighted by molar-refractivity contribution is -0.144. The quantitative estimate of drug-likeness (QED) is 0.168. The Kier molecular flexibility index (Phi) is 8.38. The van der Waals surface area contributed by atoms with Crippen molar-refractivity contribution >= 4 is 22.2 Å². The molecule has 0 aliphatic heterocycles. The van der Waals surface area contributed by atoms with Gasteiger partial charge < -0.3 is 8.83 Å². The minimum Gasteiger partial charge on any atom is -0.440 e. The second-order valence-corrected chi connectivity index (χ2v) is 12.2. The monoisotopic (exact) mass is 764 g/mol. The standard InChI is InChI=1S/C38H20F12N2O2/c1-17-51-31-29(25-9-5-3-7-21(25)23-13-11-19(35(39,40)41)15-27(23)37(45,46)47)34-32(52-18(2)54-34)30(33(31)53-17)26-10-6-4-8-22(26)24-14-12-20(36(42,43)44)16-28(24)38(48,49)50/h3-16H,1-2H3. The van der Waals surface area contributed by atoms with Crippen molar-refractivity contribution in [3.05, 3.63) is 119 Å². The number of oxazole rings is 2. The van der Waals surface area contributed by atoms with Gasteiger partial charge in [0.25, 0.3) is 0 Å². The lowest BCUT2D eigenvalue weighted by Crippen LogP contribution is -2.12. The van der Waals surface area contributed by atoms with Gasteiger partial charge >= 0.3 is 24.7 Å². The first-order valence-electron chi connectivity index (χ1n) is 15.6. The van der Waals surface area contributed by atoms with Gasteiger partial charge in [-0.2, -0.15) is 52.7 Å². The molecule has 7 rings (SSSR count). The zero-order valence-electron chi connectivity index (χ0n) is 27.3. The van der Waals surface area contributed by atoms with E-state index in [4.69, 9.17) is 8.83 Å². The van der Waals surface area contributed by atoms with Gasteiger partial charge in [-0.15, -0.1) is 0 Å². The summed E-state index contributed by atoms with van der Waals surface area (Å²) in [7, 11) is 0. The number of aromatic nitrogens is 2. The van der Waals surface area contributed by atoms with Crippen LogP contribution in [0.2, 0.25) is 0 Å². The van der Waals surface area contributed by atoms with Crippen LogP contribution in [0.5, 0.6) is 0 Å². The molecule has 5 aromatic carbocycles. The number of hydrogen-bond acceptors (Lipinski definition) is 4. The van der Waals surface area contributed by atoms with E-state index in [0.717, 1.165) is 0 Å². The molecule has 0 N–H and O–H groups in total. The Morgan fingerprint density at radius 1 is 0.407 bits per heavy atom. The van der Waals surface area contributed by atoms with Crippen LogP contribution in [0.3, 0.4) is 0 Å². The van der Waals surface area contributed by atoms with Gasteiger partial charge in [-0.05, 0) is 57.6 Å². The molecule has 4 nitrogen and oxygen atoms in total. The summed E-state index contributed by atoms with van der Waals surface area (Å²) in [5.74, 6) is -0.0225. The molecule has 0 radical (unpaired) electrons. The molecular formula is C38H20F12N2O2. The van der Waals surface area contributed by atoms with E-state index < -0.39 is 58.1 Å². The highest BCUT2D eigenvalue weighted by Gasteiger charge is 2.41. The van der Waals surface area contributed by atoms with Gasteiger partial charge in [0.1, 0.15) is 11.0 Å². The molecule has 7 aromatic rings. The largest absolute Gasteiger partial charge is 0.440 e. The van der Waals surface area contributed by atoms with Crippen molar-refractivity contribution in [2.45, 2.75) is 38.6 Å². The van der Waals surface area contributed by atoms with E-state index in [1.54, 1.807) is 0 Å². The van der Waals surface area contributed by atoms with E-state index in [1.165, 1.54) is 62.4 Å². The molecule has 0 fully saturated rings. The van der Waals surface area contributed by atoms with Gasteiger partial charge in [0.2, 0.25) is 0 Å². The highest BCUT2D eigenvalue weighted by atomic mass is 19.4. The molecule has 0 atom stereocenters. The van der Waals surface area contributed by atoms with Crippen LogP contribution in [0.4, 0.5) is 52.7 Å². The van der Waals surface area contributed by atoms with Gasteiger partial charge in [0.05, 0.1) is 33.4 Å². The topological polar surface area (TPSA) is 52.1 Å². The third-order valence-electron chi connectivity index (χ3n) is 8.67. The van der Waals surface area contributed by atoms with E-state index >= 15 is 0 Å². The Balaban J connectivity index is 1.55. The first-order valence-corrected chi connectivity index (χ1v) is 15.6. The number of benzene rings is 5. The molecular weight excluding hydrogens is 744 g/mol. The number of nitrogens with zero attached hydrogens (tertiary/aromatic N) is 2. The average molecular weight is 765 g/mol. The van der Waals surface area contributed by atoms with Crippen molar-refractivity contribution in [3.8, 4) is 44.5 Å². The predicted molar refractivity (Wildman–Crippen MR) is 173 cm³/mol. The number of halogens is 12. The first kappa shape index (κ1) is 36.6. The summed E-state index contributed by atoms with van der Waals surface area (Å²) in [5.41, 5.74) is -8.11. The summed E-state index contributed by atoms with van der Waals surface area (Å²) in [6.07, 6.45) is -20.6. The third kappa shape index (κ3) is 6.32. The van der Waals surface area contributed by atoms with E-state index in [1.807, 2.05) is 0 Å². The molecule has 54 heavy (non-hydrogen) atoms. The number of alkyl halides is 12. The molecule has 0 amide bonds. The van der Waals surface area contributed by atoms with Crippen molar-refractivity contribution in [2.24, 2.45) is 0 Å². The molecule has 0 bridgehead atoms. The minimum atomic E-state index is -5.23. The van der Waals surface area contributed by atoms with Gasteiger partial charge in [-0.25, -0.2) is 9.97 Å². The summed E-state index contributed by atoms with van der Waals surface area (Å²) in [6.45, 7) is 2.84. The van der Waals surface area contributed by atoms with Crippen LogP contribution in [0, 0.1) is 13.8 Å². The summed E-state index contributed by atoms with van der Waals surface area (Å²) >= 11 is 0. The van der Waals surface area contributed by atoms with Gasteiger partial charge in [-0.1, -0.05) is 60.7 Å². The van der Waals surface area contributed by atoms with Crippen molar-refractivity contribution in [1.29, 1.82) is 0 Å². The van der Waals surface area contributed by atoms with Crippen LogP contribution in [0.1, 0.15) is 34.0 Å². The number of hydrogen-bond donors (Lipinski definition) is 0. The van der Waals surface area contributed by atoms with Crippen LogP contribution in [0.25, 0.3) is 66.7 Å². The first-order chi connectivity index (χ1) is 25.1. The van der Waals surface area contributed by atoms with E-state index in [0.29, 0.717) is 24.3 Å². The lowest BCUT2D eigenvalue weighted by Gasteiger charge is -2.19. The van der Waals surface area contributed by atoms with Crippen molar-refractivity contribution in [2.75, 3.05) is 0 Å². The molecule has 278 valence electrons. The maximum Gasteiger partial charge on any atom is 0.417 e. The van der Waals surface area contributed by atoms with E-state index in [-0.39, 0.29) is 79.5 Å². The second-order valence-electron chi connectivity index (χ2n) is 12.2. The Morgan fingerprint density at radius 2 is 0.741 bits per heavy atom. The van der Waals surface area contributed by atoms with Gasteiger partial charge in [0, 0.05) is 13.8 Å². The molecule has 0 saturated carbocycles. The Bertz CT molecular complexity index is 2360. The summed E-state index contributed by atoms with van der Waals surface area (Å²) in [4.78, 5) is 8.91. The molecule has 0 aliphatic rings. The van der Waals surface area contributed by atoms with Gasteiger partial charge in [-0.3, -0.25) is 0 Å². The van der Waals surface area contributed by atoms with Crippen LogP contribution in [-0.4, -0.2) is 9.97 Å². The zero-order chi connectivity index (χ0) is 39.1. The van der Waals surface area contributed by atoms with Crippen LogP contribution >= 0.6 is 0 Å². The van der Waals surface area contributed by atoms with E-state index in [2.05, 4.69) is 9.97 Å². The zero-order valence-corrected chi connectivity index (χ0v) is 27.3. The van der Waals surface area contributed by atoms with Crippen LogP contribution < -0.4 is 0 Å². The van der Waals surface area contributed by atoms with Crippen LogP contribution in [0.15, 0.2) is 93.8 Å². The minimum absolute atomic E-state index is 0.00383. The summed E-state index contributed by atoms with van der Waals surface area (Å²) in [6, 6.07) is 13.4. The Hall–Kier alpha value is -5.80. The highest BCUT2D eigenvalue weighted by Crippen LogP contribution is 2.51. The Labute approximate surface area is 295 Å². The van der Waals surface area contributed by atoms with Crippen LogP contribution in [-0.2, 0) is 24.7 Å². The van der Waals surface area contributed by atoms with Crippen molar-refractivity contribution in [3.63, 3.8) is 0 Å². The van der Waals surface area contributed by atoms with Crippen molar-refractivity contribution in [1.82, 2.24) is 9.97 Å². The fraction of sp³-hybridized carbons (Fsp3) is 0.158. The average Bonchev–Trinajstić information content (AvgIpc) is 3.66. The molecule has 0 spiro atoms. The SMILES string of the molecule is Cc1nc2c(-c3ccccc3-c3ccc(C(F)(F)F)cc3C(F)(F)F)c3oc(C)nc3c(-c3ccccc3-c3ccc(C(F)(F)F)cc3C(F)(F)F)c2o1. The normalized spacial score (nSPS) is 13.0. The molecule has 0 saturated heterocycles. The number of rotatable bonds is 4. The fourth-order valence-corrected chi connectivity index (χ4v) is 6.50. The number of fused-ring (bicyclic) bond motifs is 2.